The zero-order valence-corrected chi connectivity index (χ0v) is 20.0. The van der Waals surface area contributed by atoms with Gasteiger partial charge in [0.15, 0.2) is 0 Å². The molecule has 206 valence electrons. The van der Waals surface area contributed by atoms with Gasteiger partial charge >= 0.3 is 12.4 Å². The molecule has 1 aromatic carbocycles. The standard InChI is InChI=1S/C25H23F8N3O2/c1-2-13-8-9-19(36(13)23(38)18-4-3-5-20(34-18)25(31,32)33)22(37)35-21(12-6-7-12)14-10-17(27)15(11-16(14)26)24(28,29)30/h3-5,10-13,19,21H,2,6-9H2,1H3,(H,35,37)/t13-,19-,21?/m1/s1. The van der Waals surface area contributed by atoms with E-state index in [2.05, 4.69) is 10.3 Å². The highest BCUT2D eigenvalue weighted by Gasteiger charge is 2.44. The number of halogens is 8. The normalized spacial score (nSPS) is 20.9. The smallest absolute Gasteiger partial charge is 0.347 e. The van der Waals surface area contributed by atoms with Crippen LogP contribution in [-0.2, 0) is 17.1 Å². The first-order valence-electron chi connectivity index (χ1n) is 12.0. The van der Waals surface area contributed by atoms with Crippen LogP contribution in [0.4, 0.5) is 35.1 Å². The lowest BCUT2D eigenvalue weighted by Crippen LogP contribution is -2.50. The van der Waals surface area contributed by atoms with Crippen LogP contribution in [0.3, 0.4) is 0 Å². The number of pyridine rings is 1. The summed E-state index contributed by atoms with van der Waals surface area (Å²) in [4.78, 5) is 31.1. The first kappa shape index (κ1) is 27.8. The van der Waals surface area contributed by atoms with E-state index in [1.54, 1.807) is 6.92 Å². The van der Waals surface area contributed by atoms with Crippen LogP contribution in [0.1, 0.15) is 72.4 Å². The van der Waals surface area contributed by atoms with E-state index in [-0.39, 0.29) is 18.4 Å². The molecule has 2 aliphatic rings. The van der Waals surface area contributed by atoms with E-state index >= 15 is 0 Å². The van der Waals surface area contributed by atoms with Gasteiger partial charge in [-0.3, -0.25) is 9.59 Å². The summed E-state index contributed by atoms with van der Waals surface area (Å²) in [6, 6.07) is 0.515. The van der Waals surface area contributed by atoms with Crippen molar-refractivity contribution in [1.29, 1.82) is 0 Å². The molecule has 4 rings (SSSR count). The van der Waals surface area contributed by atoms with Crippen LogP contribution >= 0.6 is 0 Å². The van der Waals surface area contributed by atoms with Gasteiger partial charge in [0.2, 0.25) is 5.91 Å². The molecule has 1 aliphatic heterocycles. The van der Waals surface area contributed by atoms with Crippen molar-refractivity contribution in [2.45, 2.75) is 69.5 Å². The Morgan fingerprint density at radius 2 is 1.68 bits per heavy atom. The van der Waals surface area contributed by atoms with E-state index in [1.165, 1.54) is 0 Å². The second-order valence-electron chi connectivity index (χ2n) is 9.45. The number of benzene rings is 1. The van der Waals surface area contributed by atoms with Gasteiger partial charge in [-0.25, -0.2) is 13.8 Å². The Morgan fingerprint density at radius 1 is 1.00 bits per heavy atom. The zero-order chi connectivity index (χ0) is 28.0. The lowest BCUT2D eigenvalue weighted by atomic mass is 9.98. The number of carbonyl (C=O) groups excluding carboxylic acids is 2. The Labute approximate surface area is 212 Å². The average molecular weight is 549 g/mol. The molecule has 2 amide bonds. The molecule has 38 heavy (non-hydrogen) atoms. The molecule has 1 unspecified atom stereocenters. The summed E-state index contributed by atoms with van der Waals surface area (Å²) in [5.41, 5.74) is -4.00. The molecule has 3 atom stereocenters. The quantitative estimate of drug-likeness (QED) is 0.447. The SMILES string of the molecule is CC[C@@H]1CC[C@H](C(=O)NC(c2cc(F)c(C(F)(F)F)cc2F)C2CC2)N1C(=O)c1cccc(C(F)(F)F)n1. The van der Waals surface area contributed by atoms with E-state index in [9.17, 15) is 44.7 Å². The van der Waals surface area contributed by atoms with Crippen molar-refractivity contribution in [1.82, 2.24) is 15.2 Å². The zero-order valence-electron chi connectivity index (χ0n) is 20.0. The predicted octanol–water partition coefficient (Wildman–Crippen LogP) is 6.05. The molecular formula is C25H23F8N3O2. The van der Waals surface area contributed by atoms with Crippen LogP contribution < -0.4 is 5.32 Å². The highest BCUT2D eigenvalue weighted by atomic mass is 19.4. The van der Waals surface area contributed by atoms with Crippen LogP contribution in [0, 0.1) is 17.6 Å². The van der Waals surface area contributed by atoms with E-state index in [0.29, 0.717) is 37.8 Å². The first-order valence-corrected chi connectivity index (χ1v) is 12.0. The van der Waals surface area contributed by atoms with Gasteiger partial charge in [0.05, 0.1) is 11.6 Å². The highest BCUT2D eigenvalue weighted by molar-refractivity contribution is 5.97. The minimum absolute atomic E-state index is 0.0457. The van der Waals surface area contributed by atoms with Gasteiger partial charge in [0.1, 0.15) is 29.1 Å². The molecule has 13 heteroatoms. The van der Waals surface area contributed by atoms with Crippen molar-refractivity contribution in [3.8, 4) is 0 Å². The number of nitrogens with zero attached hydrogens (tertiary/aromatic N) is 2. The summed E-state index contributed by atoms with van der Waals surface area (Å²) >= 11 is 0. The predicted molar refractivity (Wildman–Crippen MR) is 117 cm³/mol. The number of amides is 2. The summed E-state index contributed by atoms with van der Waals surface area (Å²) in [5.74, 6) is -5.04. The Bertz CT molecular complexity index is 1230. The Kier molecular flexibility index (Phi) is 7.41. The molecule has 1 saturated heterocycles. The summed E-state index contributed by atoms with van der Waals surface area (Å²) in [5, 5.41) is 2.56. The van der Waals surface area contributed by atoms with Crippen molar-refractivity contribution < 1.29 is 44.7 Å². The summed E-state index contributed by atoms with van der Waals surface area (Å²) in [6.45, 7) is 1.73. The van der Waals surface area contributed by atoms with Crippen molar-refractivity contribution in [2.75, 3.05) is 0 Å². The van der Waals surface area contributed by atoms with Gasteiger partial charge in [-0.2, -0.15) is 26.3 Å². The molecule has 0 bridgehead atoms. The van der Waals surface area contributed by atoms with Crippen LogP contribution in [0.15, 0.2) is 30.3 Å². The number of nitrogens with one attached hydrogen (secondary N) is 1. The van der Waals surface area contributed by atoms with Gasteiger partial charge in [0, 0.05) is 11.6 Å². The van der Waals surface area contributed by atoms with E-state index in [0.717, 1.165) is 17.0 Å². The maximum Gasteiger partial charge on any atom is 0.433 e. The topological polar surface area (TPSA) is 62.3 Å². The molecule has 0 radical (unpaired) electrons. The molecule has 2 fully saturated rings. The van der Waals surface area contributed by atoms with E-state index in [1.807, 2.05) is 0 Å². The molecule has 1 aliphatic carbocycles. The lowest BCUT2D eigenvalue weighted by molar-refractivity contribution is -0.141. The van der Waals surface area contributed by atoms with Crippen LogP contribution in [-0.4, -0.2) is 33.8 Å². The molecule has 1 aromatic heterocycles. The van der Waals surface area contributed by atoms with Gasteiger partial charge in [0.25, 0.3) is 5.91 Å². The minimum Gasteiger partial charge on any atom is -0.347 e. The average Bonchev–Trinajstić information content (AvgIpc) is 3.59. The van der Waals surface area contributed by atoms with Gasteiger partial charge in [-0.15, -0.1) is 0 Å². The summed E-state index contributed by atoms with van der Waals surface area (Å²) < 4.78 is 107. The maximum absolute atomic E-state index is 14.7. The van der Waals surface area contributed by atoms with Crippen molar-refractivity contribution in [2.24, 2.45) is 5.92 Å². The second kappa shape index (κ2) is 10.1. The fourth-order valence-electron chi connectivity index (χ4n) is 4.84. The molecule has 0 spiro atoms. The Morgan fingerprint density at radius 3 is 2.26 bits per heavy atom. The van der Waals surface area contributed by atoms with E-state index < -0.39 is 76.4 Å². The maximum atomic E-state index is 14.7. The molecular weight excluding hydrogens is 526 g/mol. The van der Waals surface area contributed by atoms with Crippen LogP contribution in [0.25, 0.3) is 0 Å². The number of rotatable bonds is 6. The Balaban J connectivity index is 1.61. The third kappa shape index (κ3) is 5.60. The van der Waals surface area contributed by atoms with Crippen LogP contribution in [0.2, 0.25) is 0 Å². The first-order chi connectivity index (χ1) is 17.7. The number of aromatic nitrogens is 1. The van der Waals surface area contributed by atoms with Crippen molar-refractivity contribution in [3.05, 3.63) is 64.5 Å². The summed E-state index contributed by atoms with van der Waals surface area (Å²) in [6.07, 6.45) is -8.00. The number of alkyl halides is 6. The fraction of sp³-hybridized carbons (Fsp3) is 0.480. The van der Waals surface area contributed by atoms with Gasteiger partial charge < -0.3 is 10.2 Å². The fourth-order valence-corrected chi connectivity index (χ4v) is 4.84. The minimum atomic E-state index is -5.11. The summed E-state index contributed by atoms with van der Waals surface area (Å²) in [7, 11) is 0. The van der Waals surface area contributed by atoms with Gasteiger partial charge in [-0.1, -0.05) is 13.0 Å². The van der Waals surface area contributed by atoms with Crippen molar-refractivity contribution in [3.63, 3.8) is 0 Å². The van der Waals surface area contributed by atoms with E-state index in [4.69, 9.17) is 0 Å². The molecule has 2 heterocycles. The van der Waals surface area contributed by atoms with Crippen LogP contribution in [0.5, 0.6) is 0 Å². The number of likely N-dealkylation sites (tertiary alicyclic amines) is 1. The van der Waals surface area contributed by atoms with Gasteiger partial charge in [-0.05, 0) is 62.3 Å². The van der Waals surface area contributed by atoms with Crippen molar-refractivity contribution >= 4 is 11.8 Å². The number of hydrogen-bond donors (Lipinski definition) is 1. The highest BCUT2D eigenvalue weighted by Crippen LogP contribution is 2.43. The second-order valence-corrected chi connectivity index (χ2v) is 9.45. The Hall–Kier alpha value is -3.25. The monoisotopic (exact) mass is 549 g/mol. The lowest BCUT2D eigenvalue weighted by Gasteiger charge is -2.30. The molecule has 2 aromatic rings. The molecule has 1 saturated carbocycles. The largest absolute Gasteiger partial charge is 0.433 e. The third-order valence-corrected chi connectivity index (χ3v) is 6.89. The third-order valence-electron chi connectivity index (χ3n) is 6.89. The molecule has 5 nitrogen and oxygen atoms in total. The number of carbonyl (C=O) groups is 2. The molecule has 1 N–H and O–H groups in total. The number of hydrogen-bond acceptors (Lipinski definition) is 3.